The molecular weight excluding hydrogens is 324 g/mol. The Morgan fingerprint density at radius 3 is 2.81 bits per heavy atom. The van der Waals surface area contributed by atoms with Crippen LogP contribution in [0.5, 0.6) is 0 Å². The SMILES string of the molecule is Cc1cnccc1N1CCCN(C(=O)[C@H]2Cc3ccccc3CN2)CC1. The second kappa shape index (κ2) is 7.46. The van der Waals surface area contributed by atoms with E-state index in [4.69, 9.17) is 0 Å². The summed E-state index contributed by atoms with van der Waals surface area (Å²) < 4.78 is 0. The van der Waals surface area contributed by atoms with E-state index in [9.17, 15) is 4.79 Å². The van der Waals surface area contributed by atoms with Crippen LogP contribution in [-0.4, -0.2) is 48.0 Å². The van der Waals surface area contributed by atoms with Crippen molar-refractivity contribution in [1.29, 1.82) is 0 Å². The minimum absolute atomic E-state index is 0.0980. The lowest BCUT2D eigenvalue weighted by Crippen LogP contribution is -2.50. The minimum atomic E-state index is -0.0980. The van der Waals surface area contributed by atoms with Crippen molar-refractivity contribution < 1.29 is 4.79 Å². The molecule has 0 unspecified atom stereocenters. The largest absolute Gasteiger partial charge is 0.369 e. The maximum absolute atomic E-state index is 13.1. The second-order valence-corrected chi connectivity index (χ2v) is 7.23. The molecule has 2 aliphatic rings. The van der Waals surface area contributed by atoms with E-state index in [1.807, 2.05) is 17.3 Å². The van der Waals surface area contributed by atoms with Crippen molar-refractivity contribution in [2.75, 3.05) is 31.1 Å². The maximum Gasteiger partial charge on any atom is 0.240 e. The first kappa shape index (κ1) is 17.0. The quantitative estimate of drug-likeness (QED) is 0.902. The van der Waals surface area contributed by atoms with Crippen LogP contribution in [0.2, 0.25) is 0 Å². The zero-order valence-electron chi connectivity index (χ0n) is 15.3. The van der Waals surface area contributed by atoms with Crippen molar-refractivity contribution in [1.82, 2.24) is 15.2 Å². The van der Waals surface area contributed by atoms with Crippen LogP contribution in [0.15, 0.2) is 42.7 Å². The van der Waals surface area contributed by atoms with E-state index >= 15 is 0 Å². The highest BCUT2D eigenvalue weighted by Gasteiger charge is 2.29. The Morgan fingerprint density at radius 2 is 1.96 bits per heavy atom. The highest BCUT2D eigenvalue weighted by atomic mass is 16.2. The standard InChI is InChI=1S/C21H26N4O/c1-16-14-22-8-7-20(16)24-9-4-10-25(12-11-24)21(26)19-13-17-5-2-3-6-18(17)15-23-19/h2-3,5-8,14,19,23H,4,9-13,15H2,1H3/t19-/m1/s1. The molecule has 4 rings (SSSR count). The molecule has 5 heteroatoms. The van der Waals surface area contributed by atoms with Gasteiger partial charge in [0.15, 0.2) is 0 Å². The number of pyridine rings is 1. The van der Waals surface area contributed by atoms with E-state index in [0.29, 0.717) is 0 Å². The van der Waals surface area contributed by atoms with Crippen molar-refractivity contribution in [3.63, 3.8) is 0 Å². The molecular formula is C21H26N4O. The summed E-state index contributed by atoms with van der Waals surface area (Å²) in [5, 5.41) is 3.43. The number of anilines is 1. The first-order chi connectivity index (χ1) is 12.7. The summed E-state index contributed by atoms with van der Waals surface area (Å²) >= 11 is 0. The van der Waals surface area contributed by atoms with Gasteiger partial charge in [-0.05, 0) is 42.5 Å². The number of amides is 1. The molecule has 0 bridgehead atoms. The van der Waals surface area contributed by atoms with Crippen LogP contribution >= 0.6 is 0 Å². The van der Waals surface area contributed by atoms with Gasteiger partial charge in [0.2, 0.25) is 5.91 Å². The van der Waals surface area contributed by atoms with E-state index in [1.54, 1.807) is 0 Å². The fourth-order valence-corrected chi connectivity index (χ4v) is 4.05. The van der Waals surface area contributed by atoms with Crippen LogP contribution in [0.4, 0.5) is 5.69 Å². The molecule has 0 aliphatic carbocycles. The smallest absolute Gasteiger partial charge is 0.240 e. The first-order valence-corrected chi connectivity index (χ1v) is 9.47. The van der Waals surface area contributed by atoms with E-state index in [-0.39, 0.29) is 11.9 Å². The number of rotatable bonds is 2. The molecule has 0 spiro atoms. The molecule has 1 saturated heterocycles. The molecule has 136 valence electrons. The maximum atomic E-state index is 13.1. The molecule has 0 saturated carbocycles. The minimum Gasteiger partial charge on any atom is -0.369 e. The molecule has 5 nitrogen and oxygen atoms in total. The van der Waals surface area contributed by atoms with Gasteiger partial charge in [-0.2, -0.15) is 0 Å². The number of nitrogens with one attached hydrogen (secondary N) is 1. The van der Waals surface area contributed by atoms with Gasteiger partial charge in [-0.1, -0.05) is 24.3 Å². The second-order valence-electron chi connectivity index (χ2n) is 7.23. The number of benzene rings is 1. The number of nitrogens with zero attached hydrogens (tertiary/aromatic N) is 3. The summed E-state index contributed by atoms with van der Waals surface area (Å²) in [7, 11) is 0. The van der Waals surface area contributed by atoms with Gasteiger partial charge >= 0.3 is 0 Å². The van der Waals surface area contributed by atoms with Crippen molar-refractivity contribution >= 4 is 11.6 Å². The predicted molar refractivity (Wildman–Crippen MR) is 103 cm³/mol. The van der Waals surface area contributed by atoms with Gasteiger partial charge in [0.25, 0.3) is 0 Å². The summed E-state index contributed by atoms with van der Waals surface area (Å²) in [6, 6.07) is 10.4. The van der Waals surface area contributed by atoms with E-state index in [1.165, 1.54) is 22.4 Å². The summed E-state index contributed by atoms with van der Waals surface area (Å²) in [5.74, 6) is 0.243. The summed E-state index contributed by atoms with van der Waals surface area (Å²) in [4.78, 5) is 21.7. The van der Waals surface area contributed by atoms with Crippen LogP contribution in [0.3, 0.4) is 0 Å². The van der Waals surface area contributed by atoms with Crippen molar-refractivity contribution in [3.8, 4) is 0 Å². The first-order valence-electron chi connectivity index (χ1n) is 9.47. The number of fused-ring (bicyclic) bond motifs is 1. The van der Waals surface area contributed by atoms with Crippen LogP contribution in [-0.2, 0) is 17.8 Å². The lowest BCUT2D eigenvalue weighted by atomic mass is 9.95. The van der Waals surface area contributed by atoms with Crippen LogP contribution in [0.1, 0.15) is 23.1 Å². The van der Waals surface area contributed by atoms with Gasteiger partial charge in [0.05, 0.1) is 6.04 Å². The molecule has 1 fully saturated rings. The lowest BCUT2D eigenvalue weighted by Gasteiger charge is -2.30. The van der Waals surface area contributed by atoms with E-state index in [2.05, 4.69) is 52.5 Å². The molecule has 2 aromatic rings. The average Bonchev–Trinajstić information content (AvgIpc) is 2.93. The topological polar surface area (TPSA) is 48.5 Å². The normalized spacial score (nSPS) is 20.4. The summed E-state index contributed by atoms with van der Waals surface area (Å²) in [6.07, 6.45) is 5.54. The molecule has 3 heterocycles. The Hall–Kier alpha value is -2.40. The van der Waals surface area contributed by atoms with Crippen molar-refractivity contribution in [2.45, 2.75) is 32.4 Å². The Labute approximate surface area is 155 Å². The monoisotopic (exact) mass is 350 g/mol. The number of carbonyl (C=O) groups is 1. The average molecular weight is 350 g/mol. The Balaban J connectivity index is 1.41. The van der Waals surface area contributed by atoms with Crippen LogP contribution in [0, 0.1) is 6.92 Å². The molecule has 1 N–H and O–H groups in total. The van der Waals surface area contributed by atoms with E-state index < -0.39 is 0 Å². The zero-order chi connectivity index (χ0) is 17.9. The fraction of sp³-hybridized carbons (Fsp3) is 0.429. The lowest BCUT2D eigenvalue weighted by molar-refractivity contribution is -0.133. The van der Waals surface area contributed by atoms with Gasteiger partial charge in [0, 0.05) is 50.8 Å². The number of carbonyl (C=O) groups excluding carboxylic acids is 1. The number of aromatic nitrogens is 1. The number of aryl methyl sites for hydroxylation is 1. The molecule has 1 amide bonds. The molecule has 1 aromatic heterocycles. The number of hydrogen-bond acceptors (Lipinski definition) is 4. The summed E-state index contributed by atoms with van der Waals surface area (Å²) in [5.41, 5.74) is 5.04. The molecule has 2 aliphatic heterocycles. The van der Waals surface area contributed by atoms with Crippen molar-refractivity contribution in [2.24, 2.45) is 0 Å². The Kier molecular flexibility index (Phi) is 4.89. The highest BCUT2D eigenvalue weighted by molar-refractivity contribution is 5.82. The van der Waals surface area contributed by atoms with E-state index in [0.717, 1.165) is 45.6 Å². The van der Waals surface area contributed by atoms with Gasteiger partial charge in [-0.3, -0.25) is 9.78 Å². The van der Waals surface area contributed by atoms with Gasteiger partial charge in [-0.25, -0.2) is 0 Å². The zero-order valence-corrected chi connectivity index (χ0v) is 15.3. The third-order valence-electron chi connectivity index (χ3n) is 5.52. The Morgan fingerprint density at radius 1 is 1.12 bits per heavy atom. The number of hydrogen-bond donors (Lipinski definition) is 1. The molecule has 1 atom stereocenters. The van der Waals surface area contributed by atoms with Crippen LogP contribution < -0.4 is 10.2 Å². The Bertz CT molecular complexity index is 791. The fourth-order valence-electron chi connectivity index (χ4n) is 4.05. The summed E-state index contributed by atoms with van der Waals surface area (Å²) in [6.45, 7) is 6.34. The third-order valence-corrected chi connectivity index (χ3v) is 5.52. The van der Waals surface area contributed by atoms with Gasteiger partial charge in [-0.15, -0.1) is 0 Å². The van der Waals surface area contributed by atoms with Gasteiger partial charge in [0.1, 0.15) is 0 Å². The predicted octanol–water partition coefficient (Wildman–Crippen LogP) is 2.14. The molecule has 0 radical (unpaired) electrons. The van der Waals surface area contributed by atoms with Crippen LogP contribution in [0.25, 0.3) is 0 Å². The highest BCUT2D eigenvalue weighted by Crippen LogP contribution is 2.21. The molecule has 26 heavy (non-hydrogen) atoms. The van der Waals surface area contributed by atoms with Gasteiger partial charge < -0.3 is 15.1 Å². The van der Waals surface area contributed by atoms with Crippen molar-refractivity contribution in [3.05, 3.63) is 59.4 Å². The third kappa shape index (κ3) is 3.44. The molecule has 1 aromatic carbocycles.